The first-order valence-electron chi connectivity index (χ1n) is 11.0. The van der Waals surface area contributed by atoms with Gasteiger partial charge >= 0.3 is 6.18 Å². The van der Waals surface area contributed by atoms with E-state index in [1.165, 1.54) is 24.5 Å². The molecule has 1 aromatic carbocycles. The van der Waals surface area contributed by atoms with Gasteiger partial charge in [0, 0.05) is 31.3 Å². The molecule has 0 radical (unpaired) electrons. The lowest BCUT2D eigenvalue weighted by atomic mass is 10.0. The molecule has 0 atom stereocenters. The second-order valence-electron chi connectivity index (χ2n) is 8.00. The fourth-order valence-electron chi connectivity index (χ4n) is 3.37. The molecule has 3 aromatic heterocycles. The first-order valence-corrected chi connectivity index (χ1v) is 11.4. The zero-order chi connectivity index (χ0) is 27.3. The predicted octanol–water partition coefficient (Wildman–Crippen LogP) is 5.12. The Kier molecular flexibility index (Phi) is 8.17. The number of nitrogens with zero attached hydrogens (tertiary/aromatic N) is 5. The van der Waals surface area contributed by atoms with Gasteiger partial charge in [-0.1, -0.05) is 23.7 Å². The monoisotopic (exact) mass is 549 g/mol. The van der Waals surface area contributed by atoms with E-state index in [9.17, 15) is 22.4 Å². The highest BCUT2D eigenvalue weighted by molar-refractivity contribution is 6.30. The van der Waals surface area contributed by atoms with Gasteiger partial charge in [0.1, 0.15) is 11.0 Å². The number of hydrogen-bond donors (Lipinski definition) is 2. The van der Waals surface area contributed by atoms with Crippen LogP contribution in [-0.2, 0) is 28.7 Å². The predicted molar refractivity (Wildman–Crippen MR) is 131 cm³/mol. The van der Waals surface area contributed by atoms with Gasteiger partial charge in [0.2, 0.25) is 11.9 Å². The molecule has 4 rings (SSSR count). The number of benzene rings is 1. The molecule has 3 heterocycles. The number of carbonyl (C=O) groups is 1. The minimum absolute atomic E-state index is 0.0499. The van der Waals surface area contributed by atoms with Gasteiger partial charge in [-0.05, 0) is 23.3 Å². The van der Waals surface area contributed by atoms with Crippen LogP contribution in [0.25, 0.3) is 11.1 Å². The molecular weight excluding hydrogens is 530 g/mol. The van der Waals surface area contributed by atoms with Crippen LogP contribution in [0.2, 0.25) is 5.15 Å². The molecule has 0 bridgehead atoms. The van der Waals surface area contributed by atoms with Gasteiger partial charge in [-0.3, -0.25) is 9.48 Å². The molecule has 0 spiro atoms. The Morgan fingerprint density at radius 3 is 2.50 bits per heavy atom. The van der Waals surface area contributed by atoms with E-state index in [1.807, 2.05) is 0 Å². The number of hydrogen-bond acceptors (Lipinski definition) is 7. The lowest BCUT2D eigenvalue weighted by molar-refractivity contribution is -0.137. The van der Waals surface area contributed by atoms with Crippen molar-refractivity contribution < 1.29 is 27.1 Å². The van der Waals surface area contributed by atoms with E-state index in [4.69, 9.17) is 16.3 Å². The maximum atomic E-state index is 14.7. The van der Waals surface area contributed by atoms with Crippen LogP contribution in [-0.4, -0.2) is 44.4 Å². The average Bonchev–Trinajstić information content (AvgIpc) is 3.32. The normalized spacial score (nSPS) is 11.4. The molecule has 0 unspecified atom stereocenters. The number of aromatic nitrogens is 5. The molecule has 9 nitrogen and oxygen atoms in total. The van der Waals surface area contributed by atoms with Gasteiger partial charge < -0.3 is 15.4 Å². The van der Waals surface area contributed by atoms with Crippen molar-refractivity contribution in [3.05, 3.63) is 77.3 Å². The Morgan fingerprint density at radius 1 is 1.05 bits per heavy atom. The summed E-state index contributed by atoms with van der Waals surface area (Å²) in [5.41, 5.74) is 0.348. The smallest absolute Gasteiger partial charge is 0.383 e. The van der Waals surface area contributed by atoms with Crippen LogP contribution in [0.4, 0.5) is 34.9 Å². The topological polar surface area (TPSA) is 107 Å². The Labute approximate surface area is 218 Å². The maximum Gasteiger partial charge on any atom is 0.419 e. The zero-order valence-electron chi connectivity index (χ0n) is 19.8. The molecule has 0 saturated carbocycles. The number of amides is 1. The highest BCUT2D eigenvalue weighted by atomic mass is 35.5. The van der Waals surface area contributed by atoms with Crippen LogP contribution in [0.5, 0.6) is 0 Å². The Morgan fingerprint density at radius 2 is 1.82 bits per heavy atom. The molecular formula is C24H20ClF4N7O2. The highest BCUT2D eigenvalue weighted by Gasteiger charge is 2.34. The quantitative estimate of drug-likeness (QED) is 0.220. The summed E-state index contributed by atoms with van der Waals surface area (Å²) in [5, 5.41) is 8.74. The van der Waals surface area contributed by atoms with E-state index >= 15 is 0 Å². The van der Waals surface area contributed by atoms with Crippen LogP contribution in [0, 0.1) is 5.82 Å². The van der Waals surface area contributed by atoms with E-state index < -0.39 is 35.0 Å². The number of alkyl halides is 3. The van der Waals surface area contributed by atoms with E-state index in [1.54, 1.807) is 30.3 Å². The summed E-state index contributed by atoms with van der Waals surface area (Å²) >= 11 is 5.48. The summed E-state index contributed by atoms with van der Waals surface area (Å²) in [7, 11) is 1.60. The van der Waals surface area contributed by atoms with Gasteiger partial charge in [0.05, 0.1) is 48.9 Å². The number of ether oxygens (including phenoxy) is 1. The van der Waals surface area contributed by atoms with Crippen molar-refractivity contribution in [2.45, 2.75) is 19.1 Å². The van der Waals surface area contributed by atoms with Crippen LogP contribution in [0.15, 0.2) is 55.2 Å². The molecule has 14 heteroatoms. The summed E-state index contributed by atoms with van der Waals surface area (Å²) in [4.78, 5) is 24.2. The van der Waals surface area contributed by atoms with E-state index in [-0.39, 0.29) is 11.3 Å². The number of anilines is 3. The van der Waals surface area contributed by atoms with Crippen molar-refractivity contribution in [2.24, 2.45) is 0 Å². The minimum atomic E-state index is -4.74. The summed E-state index contributed by atoms with van der Waals surface area (Å²) in [5.74, 6) is -1.08. The number of rotatable bonds is 9. The highest BCUT2D eigenvalue weighted by Crippen LogP contribution is 2.35. The molecule has 0 fully saturated rings. The zero-order valence-corrected chi connectivity index (χ0v) is 20.5. The van der Waals surface area contributed by atoms with Crippen molar-refractivity contribution in [3.8, 4) is 11.1 Å². The molecule has 0 aliphatic heterocycles. The van der Waals surface area contributed by atoms with Crippen LogP contribution < -0.4 is 10.6 Å². The van der Waals surface area contributed by atoms with E-state index in [2.05, 4.69) is 30.7 Å². The van der Waals surface area contributed by atoms with Crippen LogP contribution in [0.1, 0.15) is 11.1 Å². The third-order valence-corrected chi connectivity index (χ3v) is 5.53. The fraction of sp³-hybridized carbons (Fsp3) is 0.208. The summed E-state index contributed by atoms with van der Waals surface area (Å²) < 4.78 is 60.4. The van der Waals surface area contributed by atoms with Crippen molar-refractivity contribution in [1.29, 1.82) is 0 Å². The number of carbonyl (C=O) groups excluding carboxylic acids is 1. The van der Waals surface area contributed by atoms with Crippen molar-refractivity contribution in [2.75, 3.05) is 24.4 Å². The van der Waals surface area contributed by atoms with E-state index in [0.717, 1.165) is 6.20 Å². The molecule has 1 amide bonds. The first-order chi connectivity index (χ1) is 18.1. The van der Waals surface area contributed by atoms with Gasteiger partial charge in [0.15, 0.2) is 0 Å². The minimum Gasteiger partial charge on any atom is -0.383 e. The maximum absolute atomic E-state index is 14.7. The number of methoxy groups -OCH3 is 1. The largest absolute Gasteiger partial charge is 0.419 e. The number of nitrogens with one attached hydrogen (secondary N) is 2. The summed E-state index contributed by atoms with van der Waals surface area (Å²) in [6, 6.07) is 4.88. The Hall–Kier alpha value is -4.10. The SMILES string of the molecule is COCCn1cc(Nc2ncc(-c3ccc(CC(=O)Nc4cnc(Cl)c(C(F)(F)F)c4)c(F)c3)cn2)cn1. The van der Waals surface area contributed by atoms with Gasteiger partial charge in [-0.2, -0.15) is 18.3 Å². The second-order valence-corrected chi connectivity index (χ2v) is 8.35. The lowest BCUT2D eigenvalue weighted by Crippen LogP contribution is -2.16. The fourth-order valence-corrected chi connectivity index (χ4v) is 3.58. The number of pyridine rings is 1. The van der Waals surface area contributed by atoms with Crippen molar-refractivity contribution in [3.63, 3.8) is 0 Å². The molecule has 38 heavy (non-hydrogen) atoms. The summed E-state index contributed by atoms with van der Waals surface area (Å²) in [6.45, 7) is 1.12. The third-order valence-electron chi connectivity index (χ3n) is 5.23. The second kappa shape index (κ2) is 11.5. The van der Waals surface area contributed by atoms with Crippen LogP contribution >= 0.6 is 11.6 Å². The third kappa shape index (κ3) is 6.81. The average molecular weight is 550 g/mol. The van der Waals surface area contributed by atoms with Crippen molar-refractivity contribution >= 4 is 34.8 Å². The molecule has 198 valence electrons. The molecule has 2 N–H and O–H groups in total. The van der Waals surface area contributed by atoms with Gasteiger partial charge in [-0.15, -0.1) is 0 Å². The summed E-state index contributed by atoms with van der Waals surface area (Å²) in [6.07, 6.45) is 2.26. The van der Waals surface area contributed by atoms with Gasteiger partial charge in [-0.25, -0.2) is 19.3 Å². The Balaban J connectivity index is 1.39. The number of halogens is 5. The Bertz CT molecular complexity index is 1430. The van der Waals surface area contributed by atoms with Crippen molar-refractivity contribution in [1.82, 2.24) is 24.7 Å². The van der Waals surface area contributed by atoms with E-state index in [0.29, 0.717) is 42.0 Å². The first kappa shape index (κ1) is 26.9. The van der Waals surface area contributed by atoms with Gasteiger partial charge in [0.25, 0.3) is 0 Å². The molecule has 0 aliphatic carbocycles. The lowest BCUT2D eigenvalue weighted by Gasteiger charge is -2.11. The standard InChI is InChI=1S/C24H20ClF4N7O2/c1-38-5-4-36-13-18(12-33-36)35-23-31-9-16(10-32-23)14-2-3-15(20(26)6-14)7-21(37)34-17-8-19(24(27,28)29)22(25)30-11-17/h2-3,6,8-13H,4-5,7H2,1H3,(H,34,37)(H,31,32,35). The molecule has 4 aromatic rings. The molecule has 0 aliphatic rings. The van der Waals surface area contributed by atoms with Crippen LogP contribution in [0.3, 0.4) is 0 Å². The molecule has 0 saturated heterocycles.